The highest BCUT2D eigenvalue weighted by molar-refractivity contribution is 14.0. The molecular weight excluding hydrogens is 379 g/mol. The van der Waals surface area contributed by atoms with Crippen molar-refractivity contribution in [2.45, 2.75) is 4.90 Å². The van der Waals surface area contributed by atoms with Crippen LogP contribution in [0.2, 0.25) is 0 Å². The number of aliphatic imine (C=N–C) groups is 1. The van der Waals surface area contributed by atoms with Gasteiger partial charge in [-0.2, -0.15) is 0 Å². The lowest BCUT2D eigenvalue weighted by molar-refractivity contribution is 0.580. The number of benzene rings is 1. The molecule has 0 saturated carbocycles. The fraction of sp³-hybridized carbons (Fsp3) is 0.364. The third kappa shape index (κ3) is 6.21. The van der Waals surface area contributed by atoms with Crippen molar-refractivity contribution < 1.29 is 8.42 Å². The zero-order valence-electron chi connectivity index (χ0n) is 10.9. The molecule has 0 aromatic heterocycles. The third-order valence-corrected chi connectivity index (χ3v) is 3.70. The van der Waals surface area contributed by atoms with Crippen LogP contribution >= 0.6 is 24.0 Å². The predicted octanol–water partition coefficient (Wildman–Crippen LogP) is 0.378. The first kappa shape index (κ1) is 18.1. The van der Waals surface area contributed by atoms with E-state index >= 15 is 0 Å². The second kappa shape index (κ2) is 9.10. The maximum absolute atomic E-state index is 11.8. The summed E-state index contributed by atoms with van der Waals surface area (Å²) >= 11 is 0. The summed E-state index contributed by atoms with van der Waals surface area (Å²) in [6, 6.07) is 8.27. The molecule has 6 nitrogen and oxygen atoms in total. The maximum atomic E-state index is 11.8. The average molecular weight is 398 g/mol. The van der Waals surface area contributed by atoms with Crippen molar-refractivity contribution in [3.8, 4) is 0 Å². The van der Waals surface area contributed by atoms with Gasteiger partial charge in [0, 0.05) is 27.2 Å². The number of hydrogen-bond donors (Lipinski definition) is 3. The average Bonchev–Trinajstić information content (AvgIpc) is 2.40. The maximum Gasteiger partial charge on any atom is 0.240 e. The minimum Gasteiger partial charge on any atom is -0.359 e. The van der Waals surface area contributed by atoms with Gasteiger partial charge in [0.25, 0.3) is 0 Å². The van der Waals surface area contributed by atoms with Crippen molar-refractivity contribution in [2.24, 2.45) is 4.99 Å². The number of rotatable bonds is 5. The van der Waals surface area contributed by atoms with Gasteiger partial charge in [-0.25, -0.2) is 13.1 Å². The van der Waals surface area contributed by atoms with Crippen LogP contribution in [-0.2, 0) is 10.0 Å². The molecule has 0 aliphatic rings. The highest BCUT2D eigenvalue weighted by atomic mass is 127. The molecule has 0 fully saturated rings. The molecule has 1 aromatic carbocycles. The summed E-state index contributed by atoms with van der Waals surface area (Å²) in [5.41, 5.74) is 0. The summed E-state index contributed by atoms with van der Waals surface area (Å²) in [6.07, 6.45) is 0. The number of hydrogen-bond acceptors (Lipinski definition) is 3. The van der Waals surface area contributed by atoms with Crippen molar-refractivity contribution in [1.82, 2.24) is 15.4 Å². The molecule has 108 valence electrons. The van der Waals surface area contributed by atoms with Crippen molar-refractivity contribution in [3.05, 3.63) is 30.3 Å². The van der Waals surface area contributed by atoms with E-state index in [0.29, 0.717) is 12.5 Å². The number of sulfonamides is 1. The predicted molar refractivity (Wildman–Crippen MR) is 87.5 cm³/mol. The normalized spacial score (nSPS) is 11.6. The number of nitrogens with zero attached hydrogens (tertiary/aromatic N) is 1. The van der Waals surface area contributed by atoms with E-state index in [1.807, 2.05) is 0 Å². The van der Waals surface area contributed by atoms with Crippen LogP contribution in [0.1, 0.15) is 0 Å². The van der Waals surface area contributed by atoms with Gasteiger partial charge in [0.15, 0.2) is 5.96 Å². The Balaban J connectivity index is 0.00000324. The Bertz CT molecular complexity index is 491. The lowest BCUT2D eigenvalue weighted by atomic mass is 10.4. The van der Waals surface area contributed by atoms with Crippen LogP contribution in [0.3, 0.4) is 0 Å². The zero-order chi connectivity index (χ0) is 13.4. The van der Waals surface area contributed by atoms with Gasteiger partial charge >= 0.3 is 0 Å². The van der Waals surface area contributed by atoms with Gasteiger partial charge in [-0.05, 0) is 12.1 Å². The molecule has 0 unspecified atom stereocenters. The molecule has 0 bridgehead atoms. The number of guanidine groups is 1. The van der Waals surface area contributed by atoms with Gasteiger partial charge in [0.2, 0.25) is 10.0 Å². The Morgan fingerprint density at radius 3 is 2.37 bits per heavy atom. The summed E-state index contributed by atoms with van der Waals surface area (Å²) in [5.74, 6) is 0.619. The molecule has 0 aliphatic heterocycles. The third-order valence-electron chi connectivity index (χ3n) is 2.22. The molecule has 3 N–H and O–H groups in total. The van der Waals surface area contributed by atoms with Crippen LogP contribution in [0, 0.1) is 0 Å². The van der Waals surface area contributed by atoms with Gasteiger partial charge < -0.3 is 10.6 Å². The van der Waals surface area contributed by atoms with Crippen molar-refractivity contribution >= 4 is 40.0 Å². The monoisotopic (exact) mass is 398 g/mol. The van der Waals surface area contributed by atoms with Gasteiger partial charge in [0.1, 0.15) is 0 Å². The summed E-state index contributed by atoms with van der Waals surface area (Å²) in [7, 11) is -0.0366. The molecule has 19 heavy (non-hydrogen) atoms. The van der Waals surface area contributed by atoms with Gasteiger partial charge in [-0.15, -0.1) is 24.0 Å². The largest absolute Gasteiger partial charge is 0.359 e. The van der Waals surface area contributed by atoms with E-state index in [0.717, 1.165) is 0 Å². The minimum absolute atomic E-state index is 0. The first-order chi connectivity index (χ1) is 8.60. The highest BCUT2D eigenvalue weighted by Gasteiger charge is 2.11. The molecule has 0 spiro atoms. The Morgan fingerprint density at radius 1 is 1.21 bits per heavy atom. The molecule has 0 amide bonds. The molecule has 8 heteroatoms. The Hall–Kier alpha value is -0.870. The Kier molecular flexibility index (Phi) is 8.68. The number of halogens is 1. The van der Waals surface area contributed by atoms with Crippen molar-refractivity contribution in [2.75, 3.05) is 27.2 Å². The molecule has 0 heterocycles. The summed E-state index contributed by atoms with van der Waals surface area (Å²) in [5, 5.41) is 5.80. The fourth-order valence-corrected chi connectivity index (χ4v) is 2.38. The molecule has 0 saturated heterocycles. The highest BCUT2D eigenvalue weighted by Crippen LogP contribution is 2.06. The van der Waals surface area contributed by atoms with Gasteiger partial charge in [-0.3, -0.25) is 4.99 Å². The molecular formula is C11H19IN4O2S. The van der Waals surface area contributed by atoms with E-state index < -0.39 is 10.0 Å². The lowest BCUT2D eigenvalue weighted by Crippen LogP contribution is -2.39. The molecule has 1 aromatic rings. The second-order valence-electron chi connectivity index (χ2n) is 3.46. The molecule has 1 rings (SSSR count). The summed E-state index contributed by atoms with van der Waals surface area (Å²) in [4.78, 5) is 4.18. The van der Waals surface area contributed by atoms with E-state index in [4.69, 9.17) is 0 Å². The van der Waals surface area contributed by atoms with Gasteiger partial charge in [-0.1, -0.05) is 18.2 Å². The Morgan fingerprint density at radius 2 is 1.84 bits per heavy atom. The first-order valence-electron chi connectivity index (χ1n) is 5.53. The summed E-state index contributed by atoms with van der Waals surface area (Å²) in [6.45, 7) is 0.748. The second-order valence-corrected chi connectivity index (χ2v) is 5.23. The summed E-state index contributed by atoms with van der Waals surface area (Å²) < 4.78 is 26.2. The number of nitrogens with one attached hydrogen (secondary N) is 3. The van der Waals surface area contributed by atoms with E-state index in [-0.39, 0.29) is 35.4 Å². The standard InChI is InChI=1S/C11H18N4O2S.HI/c1-12-11(13-2)14-8-9-15-18(16,17)10-6-4-3-5-7-10;/h3-7,15H,8-9H2,1-2H3,(H2,12,13,14);1H. The minimum atomic E-state index is -3.42. The fourth-order valence-electron chi connectivity index (χ4n) is 1.33. The zero-order valence-corrected chi connectivity index (χ0v) is 14.0. The lowest BCUT2D eigenvalue weighted by Gasteiger charge is -2.09. The van der Waals surface area contributed by atoms with Gasteiger partial charge in [0.05, 0.1) is 4.90 Å². The first-order valence-corrected chi connectivity index (χ1v) is 7.01. The van der Waals surface area contributed by atoms with Crippen LogP contribution in [-0.4, -0.2) is 41.6 Å². The van der Waals surface area contributed by atoms with Crippen LogP contribution in [0.4, 0.5) is 0 Å². The molecule has 0 aliphatic carbocycles. The van der Waals surface area contributed by atoms with Crippen LogP contribution in [0.15, 0.2) is 40.2 Å². The van der Waals surface area contributed by atoms with E-state index in [2.05, 4.69) is 20.3 Å². The quantitative estimate of drug-likeness (QED) is 0.290. The smallest absolute Gasteiger partial charge is 0.240 e. The van der Waals surface area contributed by atoms with Crippen LogP contribution in [0.5, 0.6) is 0 Å². The van der Waals surface area contributed by atoms with Crippen molar-refractivity contribution in [3.63, 3.8) is 0 Å². The SMILES string of the molecule is CN=C(NC)NCCNS(=O)(=O)c1ccccc1.I. The Labute approximate surface area is 131 Å². The topological polar surface area (TPSA) is 82.6 Å². The van der Waals surface area contributed by atoms with Crippen LogP contribution in [0.25, 0.3) is 0 Å². The van der Waals surface area contributed by atoms with Crippen molar-refractivity contribution in [1.29, 1.82) is 0 Å². The van der Waals surface area contributed by atoms with E-state index in [9.17, 15) is 8.42 Å². The molecule has 0 radical (unpaired) electrons. The van der Waals surface area contributed by atoms with Crippen LogP contribution < -0.4 is 15.4 Å². The molecule has 0 atom stereocenters. The van der Waals surface area contributed by atoms with E-state index in [1.54, 1.807) is 44.4 Å². The van der Waals surface area contributed by atoms with E-state index in [1.165, 1.54) is 0 Å².